The lowest BCUT2D eigenvalue weighted by molar-refractivity contribution is -0.0796. The van der Waals surface area contributed by atoms with Gasteiger partial charge in [-0.3, -0.25) is 0 Å². The smallest absolute Gasteiger partial charge is 0.145 e. The summed E-state index contributed by atoms with van der Waals surface area (Å²) in [5.41, 5.74) is 1.42. The van der Waals surface area contributed by atoms with Crippen LogP contribution in [0, 0.1) is 5.92 Å². The van der Waals surface area contributed by atoms with E-state index in [-0.39, 0.29) is 6.10 Å². The Morgan fingerprint density at radius 1 is 1.22 bits per heavy atom. The molecule has 1 aromatic rings. The molecule has 0 bridgehead atoms. The van der Waals surface area contributed by atoms with E-state index < -0.39 is 0 Å². The number of nitrogens with one attached hydrogen (secondary N) is 1. The molecule has 1 N–H and O–H groups in total. The van der Waals surface area contributed by atoms with E-state index in [1.807, 2.05) is 0 Å². The zero-order valence-electron chi connectivity index (χ0n) is 10.7. The highest BCUT2D eigenvalue weighted by molar-refractivity contribution is 5.28. The quantitative estimate of drug-likeness (QED) is 0.883. The van der Waals surface area contributed by atoms with Gasteiger partial charge in [0.1, 0.15) is 11.9 Å². The first-order valence-corrected chi connectivity index (χ1v) is 6.94. The average Bonchev–Trinajstić information content (AvgIpc) is 2.37. The molecular weight excluding hydrogens is 226 g/mol. The first kappa shape index (κ1) is 12.0. The molecule has 0 radical (unpaired) electrons. The molecule has 18 heavy (non-hydrogen) atoms. The molecule has 3 nitrogen and oxygen atoms in total. The average molecular weight is 247 g/mol. The van der Waals surface area contributed by atoms with Crippen molar-refractivity contribution in [2.75, 3.05) is 26.3 Å². The van der Waals surface area contributed by atoms with E-state index in [1.165, 1.54) is 31.4 Å². The number of hydrogen-bond acceptors (Lipinski definition) is 3. The van der Waals surface area contributed by atoms with Crippen LogP contribution >= 0.6 is 0 Å². The van der Waals surface area contributed by atoms with Crippen molar-refractivity contribution in [2.45, 2.75) is 25.4 Å². The third-order valence-electron chi connectivity index (χ3n) is 3.76. The van der Waals surface area contributed by atoms with Gasteiger partial charge in [-0.15, -0.1) is 0 Å². The van der Waals surface area contributed by atoms with Gasteiger partial charge in [-0.1, -0.05) is 12.1 Å². The summed E-state index contributed by atoms with van der Waals surface area (Å²) in [6.45, 7) is 3.81. The topological polar surface area (TPSA) is 30.5 Å². The van der Waals surface area contributed by atoms with Crippen LogP contribution in [0.15, 0.2) is 24.3 Å². The highest BCUT2D eigenvalue weighted by atomic mass is 16.6. The summed E-state index contributed by atoms with van der Waals surface area (Å²) in [6, 6.07) is 8.57. The van der Waals surface area contributed by atoms with E-state index in [0.29, 0.717) is 0 Å². The molecule has 0 saturated carbocycles. The molecule has 1 atom stereocenters. The largest absolute Gasteiger partial charge is 0.486 e. The van der Waals surface area contributed by atoms with E-state index >= 15 is 0 Å². The molecule has 0 aliphatic carbocycles. The van der Waals surface area contributed by atoms with Gasteiger partial charge < -0.3 is 14.8 Å². The Morgan fingerprint density at radius 2 is 2.06 bits per heavy atom. The van der Waals surface area contributed by atoms with Crippen LogP contribution in [-0.4, -0.2) is 32.4 Å². The summed E-state index contributed by atoms with van der Waals surface area (Å²) >= 11 is 0. The van der Waals surface area contributed by atoms with Crippen LogP contribution < -0.4 is 10.1 Å². The second-order valence-electron chi connectivity index (χ2n) is 5.34. The van der Waals surface area contributed by atoms with Crippen LogP contribution in [0.25, 0.3) is 0 Å². The molecule has 2 heterocycles. The van der Waals surface area contributed by atoms with Crippen LogP contribution in [0.2, 0.25) is 0 Å². The zero-order chi connectivity index (χ0) is 12.2. The zero-order valence-corrected chi connectivity index (χ0v) is 10.7. The summed E-state index contributed by atoms with van der Waals surface area (Å²) in [5.74, 6) is 1.76. The fourth-order valence-electron chi connectivity index (χ4n) is 2.61. The standard InChI is InChI=1S/C15H21NO2/c1-2-13(9-16-7-1)8-12-3-5-14(6-4-12)18-15-10-17-11-15/h3-6,13,15-16H,1-2,7-11H2. The van der Waals surface area contributed by atoms with Crippen molar-refractivity contribution in [3.63, 3.8) is 0 Å². The van der Waals surface area contributed by atoms with Gasteiger partial charge in [0.2, 0.25) is 0 Å². The molecule has 1 aromatic carbocycles. The van der Waals surface area contributed by atoms with Crippen molar-refractivity contribution < 1.29 is 9.47 Å². The number of ether oxygens (including phenoxy) is 2. The number of benzene rings is 1. The maximum absolute atomic E-state index is 5.76. The van der Waals surface area contributed by atoms with E-state index in [0.717, 1.165) is 31.4 Å². The van der Waals surface area contributed by atoms with Crippen LogP contribution in [0.5, 0.6) is 5.75 Å². The van der Waals surface area contributed by atoms with Gasteiger partial charge in [-0.2, -0.15) is 0 Å². The van der Waals surface area contributed by atoms with Gasteiger partial charge in [-0.05, 0) is 56.0 Å². The minimum atomic E-state index is 0.262. The summed E-state index contributed by atoms with van der Waals surface area (Å²) in [7, 11) is 0. The van der Waals surface area contributed by atoms with Gasteiger partial charge in [0.15, 0.2) is 0 Å². The molecule has 0 amide bonds. The molecule has 0 spiro atoms. The minimum Gasteiger partial charge on any atom is -0.486 e. The molecular formula is C15H21NO2. The Labute approximate surface area is 108 Å². The molecule has 3 rings (SSSR count). The Morgan fingerprint density at radius 3 is 2.67 bits per heavy atom. The highest BCUT2D eigenvalue weighted by Crippen LogP contribution is 2.20. The molecule has 2 fully saturated rings. The van der Waals surface area contributed by atoms with Crippen molar-refractivity contribution in [1.82, 2.24) is 5.32 Å². The third-order valence-corrected chi connectivity index (χ3v) is 3.76. The van der Waals surface area contributed by atoms with Crippen LogP contribution in [0.3, 0.4) is 0 Å². The second-order valence-corrected chi connectivity index (χ2v) is 5.34. The van der Waals surface area contributed by atoms with Gasteiger partial charge in [0.25, 0.3) is 0 Å². The normalized spacial score (nSPS) is 24.6. The SMILES string of the molecule is c1cc(OC2COC2)ccc1CC1CCCNC1. The maximum Gasteiger partial charge on any atom is 0.145 e. The molecule has 0 aromatic heterocycles. The highest BCUT2D eigenvalue weighted by Gasteiger charge is 2.20. The van der Waals surface area contributed by atoms with E-state index in [4.69, 9.17) is 9.47 Å². The van der Waals surface area contributed by atoms with E-state index in [9.17, 15) is 0 Å². The van der Waals surface area contributed by atoms with Crippen LogP contribution in [0.1, 0.15) is 18.4 Å². The molecule has 2 aliphatic heterocycles. The lowest BCUT2D eigenvalue weighted by Gasteiger charge is -2.27. The molecule has 1 unspecified atom stereocenters. The summed E-state index contributed by atoms with van der Waals surface area (Å²) < 4.78 is 10.9. The first-order chi connectivity index (χ1) is 8.90. The number of rotatable bonds is 4. The van der Waals surface area contributed by atoms with Gasteiger partial charge in [0, 0.05) is 0 Å². The monoisotopic (exact) mass is 247 g/mol. The molecule has 2 saturated heterocycles. The van der Waals surface area contributed by atoms with E-state index in [1.54, 1.807) is 0 Å². The summed E-state index contributed by atoms with van der Waals surface area (Å²) in [5, 5.41) is 3.47. The summed E-state index contributed by atoms with van der Waals surface area (Å²) in [6.07, 6.45) is 4.11. The minimum absolute atomic E-state index is 0.262. The van der Waals surface area contributed by atoms with E-state index in [2.05, 4.69) is 29.6 Å². The molecule has 98 valence electrons. The molecule has 3 heteroatoms. The lowest BCUT2D eigenvalue weighted by Crippen LogP contribution is -2.38. The fraction of sp³-hybridized carbons (Fsp3) is 0.600. The third kappa shape index (κ3) is 3.03. The van der Waals surface area contributed by atoms with Crippen molar-refractivity contribution in [1.29, 1.82) is 0 Å². The van der Waals surface area contributed by atoms with Crippen molar-refractivity contribution in [3.05, 3.63) is 29.8 Å². The first-order valence-electron chi connectivity index (χ1n) is 6.94. The Balaban J connectivity index is 1.52. The Kier molecular flexibility index (Phi) is 3.81. The van der Waals surface area contributed by atoms with Gasteiger partial charge in [-0.25, -0.2) is 0 Å². The van der Waals surface area contributed by atoms with Crippen molar-refractivity contribution in [3.8, 4) is 5.75 Å². The Bertz CT molecular complexity index is 367. The maximum atomic E-state index is 5.76. The van der Waals surface area contributed by atoms with Gasteiger partial charge >= 0.3 is 0 Å². The van der Waals surface area contributed by atoms with Crippen molar-refractivity contribution in [2.24, 2.45) is 5.92 Å². The second kappa shape index (κ2) is 5.72. The molecule has 2 aliphatic rings. The van der Waals surface area contributed by atoms with Gasteiger partial charge in [0.05, 0.1) is 13.2 Å². The lowest BCUT2D eigenvalue weighted by atomic mass is 9.92. The Hall–Kier alpha value is -1.06. The van der Waals surface area contributed by atoms with Crippen LogP contribution in [0.4, 0.5) is 0 Å². The van der Waals surface area contributed by atoms with Crippen molar-refractivity contribution >= 4 is 0 Å². The predicted molar refractivity (Wildman–Crippen MR) is 71.0 cm³/mol. The summed E-state index contributed by atoms with van der Waals surface area (Å²) in [4.78, 5) is 0. The predicted octanol–water partition coefficient (Wildman–Crippen LogP) is 2.01. The van der Waals surface area contributed by atoms with Crippen LogP contribution in [-0.2, 0) is 11.2 Å². The fourth-order valence-corrected chi connectivity index (χ4v) is 2.61. The number of piperidine rings is 1. The number of hydrogen-bond donors (Lipinski definition) is 1.